The van der Waals surface area contributed by atoms with Crippen LogP contribution in [-0.4, -0.2) is 37.1 Å². The summed E-state index contributed by atoms with van der Waals surface area (Å²) in [5.74, 6) is -3.45. The molecule has 0 N–H and O–H groups in total. The van der Waals surface area contributed by atoms with E-state index >= 15 is 0 Å². The maximum Gasteiger partial charge on any atom is 0.491 e. The van der Waals surface area contributed by atoms with Gasteiger partial charge in [-0.3, -0.25) is 10.1 Å². The third-order valence-corrected chi connectivity index (χ3v) is 2.88. The molecular weight excluding hydrogens is 323 g/mol. The molecule has 0 saturated heterocycles. The summed E-state index contributed by atoms with van der Waals surface area (Å²) < 4.78 is 42.5. The lowest BCUT2D eigenvalue weighted by atomic mass is 10.2. The molecular formula is C11H4F3N5O4. The van der Waals surface area contributed by atoms with Gasteiger partial charge in [0.05, 0.1) is 15.8 Å². The molecule has 0 aliphatic rings. The molecule has 23 heavy (non-hydrogen) atoms. The predicted octanol–water partition coefficient (Wildman–Crippen LogP) is 1.65. The van der Waals surface area contributed by atoms with Crippen LogP contribution in [0, 0.1) is 10.1 Å². The molecule has 2 aromatic heterocycles. The van der Waals surface area contributed by atoms with Gasteiger partial charge in [0.2, 0.25) is 5.75 Å². The molecule has 0 unspecified atom stereocenters. The van der Waals surface area contributed by atoms with Crippen LogP contribution in [0.5, 0.6) is 5.75 Å². The molecule has 0 aliphatic heterocycles. The Morgan fingerprint density at radius 3 is 2.65 bits per heavy atom. The normalized spacial score (nSPS) is 11.8. The van der Waals surface area contributed by atoms with E-state index in [1.165, 1.54) is 24.3 Å². The predicted molar refractivity (Wildman–Crippen MR) is 66.6 cm³/mol. The third kappa shape index (κ3) is 2.29. The molecule has 0 amide bonds. The van der Waals surface area contributed by atoms with Gasteiger partial charge in [-0.25, -0.2) is 4.79 Å². The van der Waals surface area contributed by atoms with Crippen molar-refractivity contribution in [2.75, 3.05) is 0 Å². The molecule has 0 radical (unpaired) electrons. The lowest BCUT2D eigenvalue weighted by molar-refractivity contribution is -0.384. The van der Waals surface area contributed by atoms with Gasteiger partial charge in [0.15, 0.2) is 0 Å². The van der Waals surface area contributed by atoms with E-state index in [2.05, 4.69) is 20.3 Å². The number of hydrogen-bond acceptors (Lipinski definition) is 7. The summed E-state index contributed by atoms with van der Waals surface area (Å²) in [5, 5.41) is 21.3. The fourth-order valence-corrected chi connectivity index (χ4v) is 1.99. The van der Waals surface area contributed by atoms with E-state index in [4.69, 9.17) is 0 Å². The van der Waals surface area contributed by atoms with E-state index in [1.54, 1.807) is 0 Å². The van der Waals surface area contributed by atoms with Crippen molar-refractivity contribution in [2.24, 2.45) is 0 Å². The standard InChI is InChI=1S/C11H4F3N5O4/c12-11(13,14)10(20)23-8-5-3-1-2-4-6(5)18-9(15-16-17-18)7(8)19(21)22/h1-4H. The Hall–Kier alpha value is -3.31. The lowest BCUT2D eigenvalue weighted by Crippen LogP contribution is -2.28. The summed E-state index contributed by atoms with van der Waals surface area (Å²) in [6.07, 6.45) is -5.31. The van der Waals surface area contributed by atoms with Crippen molar-refractivity contribution in [1.29, 1.82) is 0 Å². The van der Waals surface area contributed by atoms with Gasteiger partial charge in [0.25, 0.3) is 5.65 Å². The second-order valence-electron chi connectivity index (χ2n) is 4.25. The number of hydrogen-bond donors (Lipinski definition) is 0. The summed E-state index contributed by atoms with van der Waals surface area (Å²) in [6.45, 7) is 0. The fourth-order valence-electron chi connectivity index (χ4n) is 1.99. The highest BCUT2D eigenvalue weighted by molar-refractivity contribution is 5.96. The molecule has 2 heterocycles. The first-order valence-corrected chi connectivity index (χ1v) is 5.87. The zero-order chi connectivity index (χ0) is 16.8. The van der Waals surface area contributed by atoms with Crippen LogP contribution in [0.4, 0.5) is 18.9 Å². The number of aromatic nitrogens is 4. The number of carbonyl (C=O) groups is 1. The summed E-state index contributed by atoms with van der Waals surface area (Å²) >= 11 is 0. The highest BCUT2D eigenvalue weighted by atomic mass is 19.4. The first-order valence-electron chi connectivity index (χ1n) is 5.87. The van der Waals surface area contributed by atoms with Crippen LogP contribution in [-0.2, 0) is 4.79 Å². The average Bonchev–Trinajstić information content (AvgIpc) is 2.95. The average molecular weight is 327 g/mol. The van der Waals surface area contributed by atoms with Crippen molar-refractivity contribution in [3.63, 3.8) is 0 Å². The van der Waals surface area contributed by atoms with Gasteiger partial charge in [-0.05, 0) is 22.6 Å². The Bertz CT molecular complexity index is 952. The van der Waals surface area contributed by atoms with Crippen LogP contribution in [0.1, 0.15) is 0 Å². The lowest BCUT2D eigenvalue weighted by Gasteiger charge is -2.10. The number of benzene rings is 1. The Balaban J connectivity index is 2.38. The van der Waals surface area contributed by atoms with Gasteiger partial charge in [0.1, 0.15) is 0 Å². The minimum absolute atomic E-state index is 0.114. The van der Waals surface area contributed by atoms with Crippen molar-refractivity contribution in [3.05, 3.63) is 34.4 Å². The molecule has 0 bridgehead atoms. The van der Waals surface area contributed by atoms with E-state index in [0.717, 1.165) is 4.52 Å². The third-order valence-electron chi connectivity index (χ3n) is 2.88. The molecule has 3 rings (SSSR count). The highest BCUT2D eigenvalue weighted by Crippen LogP contribution is 2.38. The monoisotopic (exact) mass is 327 g/mol. The van der Waals surface area contributed by atoms with Crippen molar-refractivity contribution in [1.82, 2.24) is 20.0 Å². The van der Waals surface area contributed by atoms with Gasteiger partial charge in [-0.2, -0.15) is 17.7 Å². The molecule has 0 saturated carbocycles. The number of rotatable bonds is 2. The van der Waals surface area contributed by atoms with Gasteiger partial charge in [-0.1, -0.05) is 12.1 Å². The smallest absolute Gasteiger partial charge is 0.412 e. The number of pyridine rings is 1. The molecule has 1 aromatic carbocycles. The second-order valence-corrected chi connectivity index (χ2v) is 4.25. The van der Waals surface area contributed by atoms with Crippen LogP contribution in [0.15, 0.2) is 24.3 Å². The summed E-state index contributed by atoms with van der Waals surface area (Å²) in [6, 6.07) is 5.59. The molecule has 12 heteroatoms. The van der Waals surface area contributed by atoms with E-state index in [0.29, 0.717) is 0 Å². The van der Waals surface area contributed by atoms with E-state index in [9.17, 15) is 28.1 Å². The summed E-state index contributed by atoms with van der Waals surface area (Å²) in [4.78, 5) is 21.3. The molecule has 3 aromatic rings. The number of ether oxygens (including phenoxy) is 1. The van der Waals surface area contributed by atoms with Crippen molar-refractivity contribution in [2.45, 2.75) is 6.18 Å². The number of esters is 1. The molecule has 0 atom stereocenters. The number of halogens is 3. The maximum absolute atomic E-state index is 12.4. The quantitative estimate of drug-likeness (QED) is 0.399. The second kappa shape index (κ2) is 4.86. The van der Waals surface area contributed by atoms with Gasteiger partial charge >= 0.3 is 17.8 Å². The summed E-state index contributed by atoms with van der Waals surface area (Å²) in [7, 11) is 0. The number of alkyl halides is 3. The largest absolute Gasteiger partial charge is 0.491 e. The molecule has 118 valence electrons. The number of nitro groups is 1. The topological polar surface area (TPSA) is 113 Å². The van der Waals surface area contributed by atoms with Crippen LogP contribution >= 0.6 is 0 Å². The highest BCUT2D eigenvalue weighted by Gasteiger charge is 2.43. The minimum atomic E-state index is -5.31. The Morgan fingerprint density at radius 2 is 2.00 bits per heavy atom. The maximum atomic E-state index is 12.4. The Labute approximate surface area is 123 Å². The zero-order valence-corrected chi connectivity index (χ0v) is 10.8. The first kappa shape index (κ1) is 14.6. The molecule has 0 spiro atoms. The van der Waals surface area contributed by atoms with Gasteiger partial charge < -0.3 is 4.74 Å². The van der Waals surface area contributed by atoms with Gasteiger partial charge in [0, 0.05) is 0 Å². The van der Waals surface area contributed by atoms with Crippen molar-refractivity contribution >= 4 is 28.2 Å². The van der Waals surface area contributed by atoms with Crippen LogP contribution in [0.2, 0.25) is 0 Å². The van der Waals surface area contributed by atoms with E-state index in [1.807, 2.05) is 0 Å². The first-order chi connectivity index (χ1) is 10.8. The fraction of sp³-hybridized carbons (Fsp3) is 0.0909. The number of para-hydroxylation sites is 1. The van der Waals surface area contributed by atoms with Crippen molar-refractivity contribution in [3.8, 4) is 5.75 Å². The van der Waals surface area contributed by atoms with Gasteiger partial charge in [-0.15, -0.1) is 5.10 Å². The zero-order valence-electron chi connectivity index (χ0n) is 10.8. The van der Waals surface area contributed by atoms with Crippen LogP contribution in [0.25, 0.3) is 16.6 Å². The van der Waals surface area contributed by atoms with E-state index in [-0.39, 0.29) is 10.9 Å². The Kier molecular flexibility index (Phi) is 3.09. The molecule has 9 nitrogen and oxygen atoms in total. The Morgan fingerprint density at radius 1 is 1.30 bits per heavy atom. The number of nitrogens with zero attached hydrogens (tertiary/aromatic N) is 5. The van der Waals surface area contributed by atoms with Crippen molar-refractivity contribution < 1.29 is 27.6 Å². The SMILES string of the molecule is O=C(Oc1c([N+](=O)[O-])c2nnnn2c2ccccc12)C(F)(F)F. The van der Waals surface area contributed by atoms with Crippen LogP contribution in [0.3, 0.4) is 0 Å². The summed E-state index contributed by atoms with van der Waals surface area (Å²) in [5.41, 5.74) is -1.24. The number of carbonyl (C=O) groups excluding carboxylic acids is 1. The van der Waals surface area contributed by atoms with Crippen LogP contribution < -0.4 is 4.74 Å². The molecule has 0 fully saturated rings. The number of fused-ring (bicyclic) bond motifs is 3. The molecule has 0 aliphatic carbocycles. The number of tetrazole rings is 1. The van der Waals surface area contributed by atoms with E-state index < -0.39 is 34.2 Å². The minimum Gasteiger partial charge on any atom is -0.412 e.